The molecule has 0 saturated carbocycles. The number of hydrogen-bond donors (Lipinski definition) is 2. The molecule has 2 N–H and O–H groups in total. The Morgan fingerprint density at radius 1 is 0.906 bits per heavy atom. The summed E-state index contributed by atoms with van der Waals surface area (Å²) in [4.78, 5) is 24.8. The van der Waals surface area contributed by atoms with Gasteiger partial charge in [-0.05, 0) is 87.2 Å². The number of amides is 3. The number of rotatable bonds is 4. The summed E-state index contributed by atoms with van der Waals surface area (Å²) in [5.74, 6) is 0.285. The Labute approximate surface area is 216 Å². The lowest BCUT2D eigenvalue weighted by atomic mass is 10.1. The summed E-state index contributed by atoms with van der Waals surface area (Å²) in [7, 11) is 0. The number of ether oxygens (including phenoxy) is 1. The summed E-state index contributed by atoms with van der Waals surface area (Å²) in [5, 5.41) is 6.01. The molecule has 0 saturated heterocycles. The molecule has 10 heteroatoms. The van der Waals surface area contributed by atoms with Gasteiger partial charge in [0.15, 0.2) is 0 Å². The Morgan fingerprint density at radius 3 is 2.28 bits per heavy atom. The lowest BCUT2D eigenvalue weighted by molar-refractivity contribution is 0.0967. The fraction of sp³-hybridized carbons (Fsp3) is 0.0909. The molecule has 32 heavy (non-hydrogen) atoms. The van der Waals surface area contributed by atoms with E-state index in [1.807, 2.05) is 0 Å². The standard InChI is InChI=1S/C22H15Br2Cl3N2O3/c1-10-7-18(32-17-9-13(23)16(26)8-14(17)24)19(27)11(2)20(10)28-22(31)29-21(30)12-5-3-4-6-15(12)25/h3-9H,1-2H3,(H2,28,29,30,31). The zero-order chi connectivity index (χ0) is 23.6. The first-order chi connectivity index (χ1) is 15.1. The van der Waals surface area contributed by atoms with E-state index < -0.39 is 11.9 Å². The van der Waals surface area contributed by atoms with Gasteiger partial charge in [-0.15, -0.1) is 0 Å². The molecule has 3 rings (SSSR count). The van der Waals surface area contributed by atoms with E-state index in [-0.39, 0.29) is 10.6 Å². The van der Waals surface area contributed by atoms with Crippen LogP contribution in [0.2, 0.25) is 15.1 Å². The van der Waals surface area contributed by atoms with Crippen LogP contribution in [0.15, 0.2) is 51.4 Å². The van der Waals surface area contributed by atoms with Crippen molar-refractivity contribution in [1.82, 2.24) is 5.32 Å². The zero-order valence-corrected chi connectivity index (χ0v) is 22.1. The Hall–Kier alpha value is -1.77. The van der Waals surface area contributed by atoms with E-state index >= 15 is 0 Å². The van der Waals surface area contributed by atoms with Gasteiger partial charge in [0.05, 0.1) is 25.1 Å². The average Bonchev–Trinajstić information content (AvgIpc) is 2.73. The Bertz CT molecular complexity index is 1240. The number of benzene rings is 3. The van der Waals surface area contributed by atoms with Gasteiger partial charge in [-0.3, -0.25) is 10.1 Å². The molecule has 3 amide bonds. The van der Waals surface area contributed by atoms with Crippen molar-refractivity contribution in [2.24, 2.45) is 0 Å². The third-order valence-corrected chi connectivity index (χ3v) is 7.06. The Balaban J connectivity index is 1.81. The van der Waals surface area contributed by atoms with Crippen molar-refractivity contribution in [3.8, 4) is 11.5 Å². The molecule has 0 heterocycles. The molecule has 0 unspecified atom stereocenters. The van der Waals surface area contributed by atoms with Crippen molar-refractivity contribution >= 4 is 84.3 Å². The molecule has 0 aliphatic heterocycles. The minimum Gasteiger partial charge on any atom is -0.455 e. The van der Waals surface area contributed by atoms with Crippen LogP contribution in [-0.2, 0) is 0 Å². The summed E-state index contributed by atoms with van der Waals surface area (Å²) < 4.78 is 7.28. The van der Waals surface area contributed by atoms with Crippen molar-refractivity contribution in [2.45, 2.75) is 13.8 Å². The monoisotopic (exact) mass is 618 g/mol. The Morgan fingerprint density at radius 2 is 1.59 bits per heavy atom. The molecule has 3 aromatic carbocycles. The van der Waals surface area contributed by atoms with E-state index in [0.717, 1.165) is 0 Å². The minimum absolute atomic E-state index is 0.194. The topological polar surface area (TPSA) is 67.4 Å². The number of hydrogen-bond acceptors (Lipinski definition) is 3. The maximum Gasteiger partial charge on any atom is 0.326 e. The fourth-order valence-electron chi connectivity index (χ4n) is 2.85. The molecule has 5 nitrogen and oxygen atoms in total. The molecule has 0 atom stereocenters. The summed E-state index contributed by atoms with van der Waals surface area (Å²) in [6.07, 6.45) is 0. The van der Waals surface area contributed by atoms with E-state index in [1.54, 1.807) is 50.2 Å². The van der Waals surface area contributed by atoms with Crippen molar-refractivity contribution in [3.05, 3.63) is 83.2 Å². The summed E-state index contributed by atoms with van der Waals surface area (Å²) >= 11 is 25.4. The SMILES string of the molecule is Cc1cc(Oc2cc(Br)c(Cl)cc2Br)c(Cl)c(C)c1NC(=O)NC(=O)c1ccccc1Cl. The third kappa shape index (κ3) is 5.58. The normalized spacial score (nSPS) is 10.6. The lowest BCUT2D eigenvalue weighted by Gasteiger charge is -2.17. The van der Waals surface area contributed by atoms with Crippen molar-refractivity contribution in [3.63, 3.8) is 0 Å². The van der Waals surface area contributed by atoms with Crippen LogP contribution in [0.25, 0.3) is 0 Å². The first-order valence-corrected chi connectivity index (χ1v) is 11.8. The van der Waals surface area contributed by atoms with Crippen molar-refractivity contribution in [1.29, 1.82) is 0 Å². The van der Waals surface area contributed by atoms with Gasteiger partial charge in [0, 0.05) is 10.2 Å². The summed E-state index contributed by atoms with van der Waals surface area (Å²) in [6.45, 7) is 3.52. The third-order valence-electron chi connectivity index (χ3n) is 4.44. The van der Waals surface area contributed by atoms with Gasteiger partial charge in [-0.25, -0.2) is 4.79 Å². The number of carbonyl (C=O) groups excluding carboxylic acids is 2. The van der Waals surface area contributed by atoms with Gasteiger partial charge < -0.3 is 10.1 Å². The summed E-state index contributed by atoms with van der Waals surface area (Å²) in [5.41, 5.74) is 1.92. The predicted octanol–water partition coefficient (Wildman–Crippen LogP) is 8.54. The van der Waals surface area contributed by atoms with Crippen molar-refractivity contribution < 1.29 is 14.3 Å². The van der Waals surface area contributed by atoms with Gasteiger partial charge in [-0.2, -0.15) is 0 Å². The fourth-order valence-corrected chi connectivity index (χ4v) is 4.30. The number of anilines is 1. The number of carbonyl (C=O) groups is 2. The second-order valence-corrected chi connectivity index (χ2v) is 9.59. The average molecular weight is 622 g/mol. The van der Waals surface area contributed by atoms with E-state index in [9.17, 15) is 9.59 Å². The van der Waals surface area contributed by atoms with Gasteiger partial charge >= 0.3 is 6.03 Å². The molecule has 0 aliphatic rings. The van der Waals surface area contributed by atoms with Gasteiger partial charge in [0.1, 0.15) is 11.5 Å². The van der Waals surface area contributed by atoms with Crippen LogP contribution in [0.1, 0.15) is 21.5 Å². The highest BCUT2D eigenvalue weighted by Gasteiger charge is 2.19. The number of aryl methyl sites for hydroxylation is 1. The zero-order valence-electron chi connectivity index (χ0n) is 16.7. The van der Waals surface area contributed by atoms with E-state index in [0.29, 0.717) is 47.3 Å². The smallest absolute Gasteiger partial charge is 0.326 e. The molecular weight excluding hydrogens is 606 g/mol. The molecule has 0 bridgehead atoms. The van der Waals surface area contributed by atoms with Gasteiger partial charge in [0.2, 0.25) is 0 Å². The summed E-state index contributed by atoms with van der Waals surface area (Å²) in [6, 6.07) is 10.8. The second kappa shape index (κ2) is 10.4. The largest absolute Gasteiger partial charge is 0.455 e. The minimum atomic E-state index is -0.713. The number of halogens is 5. The van der Waals surface area contributed by atoms with Crippen LogP contribution >= 0.6 is 66.7 Å². The molecule has 0 fully saturated rings. The van der Waals surface area contributed by atoms with E-state index in [4.69, 9.17) is 39.5 Å². The molecule has 0 aliphatic carbocycles. The Kier molecular flexibility index (Phi) is 8.11. The van der Waals surface area contributed by atoms with E-state index in [1.165, 1.54) is 6.07 Å². The highest BCUT2D eigenvalue weighted by Crippen LogP contribution is 2.42. The molecule has 3 aromatic rings. The van der Waals surface area contributed by atoms with Crippen LogP contribution in [-0.4, -0.2) is 11.9 Å². The second-order valence-electron chi connectivity index (χ2n) is 6.69. The molecular formula is C22H15Br2Cl3N2O3. The van der Waals surface area contributed by atoms with Gasteiger partial charge in [-0.1, -0.05) is 46.9 Å². The molecule has 0 spiro atoms. The first-order valence-electron chi connectivity index (χ1n) is 9.07. The maximum atomic E-state index is 12.4. The molecule has 0 radical (unpaired) electrons. The maximum absolute atomic E-state index is 12.4. The first kappa shape index (κ1) is 24.9. The number of imide groups is 1. The lowest BCUT2D eigenvalue weighted by Crippen LogP contribution is -2.34. The molecule has 166 valence electrons. The predicted molar refractivity (Wildman–Crippen MR) is 136 cm³/mol. The van der Waals surface area contributed by atoms with Crippen LogP contribution in [0.3, 0.4) is 0 Å². The quantitative estimate of drug-likeness (QED) is 0.287. The number of urea groups is 1. The van der Waals surface area contributed by atoms with E-state index in [2.05, 4.69) is 42.5 Å². The molecule has 0 aromatic heterocycles. The van der Waals surface area contributed by atoms with Crippen LogP contribution in [0.5, 0.6) is 11.5 Å². The van der Waals surface area contributed by atoms with Crippen molar-refractivity contribution in [2.75, 3.05) is 5.32 Å². The van der Waals surface area contributed by atoms with Gasteiger partial charge in [0.25, 0.3) is 5.91 Å². The van der Waals surface area contributed by atoms with Crippen LogP contribution < -0.4 is 15.4 Å². The number of nitrogens with one attached hydrogen (secondary N) is 2. The highest BCUT2D eigenvalue weighted by molar-refractivity contribution is 9.11. The van der Waals surface area contributed by atoms with Crippen LogP contribution in [0.4, 0.5) is 10.5 Å². The highest BCUT2D eigenvalue weighted by atomic mass is 79.9. The van der Waals surface area contributed by atoms with Crippen LogP contribution in [0, 0.1) is 13.8 Å².